The zero-order chi connectivity index (χ0) is 15.8. The Hall–Kier alpha value is -0.790. The van der Waals surface area contributed by atoms with E-state index in [1.54, 1.807) is 0 Å². The molecule has 0 saturated heterocycles. The van der Waals surface area contributed by atoms with E-state index in [2.05, 4.69) is 19.1 Å². The summed E-state index contributed by atoms with van der Waals surface area (Å²) in [5.41, 5.74) is 0. The average Bonchev–Trinajstić information content (AvgIpc) is 2.43. The van der Waals surface area contributed by atoms with E-state index < -0.39 is 0 Å². The van der Waals surface area contributed by atoms with Gasteiger partial charge in [-0.25, -0.2) is 0 Å². The van der Waals surface area contributed by atoms with Crippen LogP contribution in [-0.2, 0) is 9.53 Å². The minimum atomic E-state index is -0.160. The van der Waals surface area contributed by atoms with Gasteiger partial charge in [0.25, 0.3) is 0 Å². The summed E-state index contributed by atoms with van der Waals surface area (Å²) in [6.45, 7) is 5.69. The van der Waals surface area contributed by atoms with Crippen LogP contribution in [0.4, 0.5) is 0 Å². The third-order valence-electron chi connectivity index (χ3n) is 3.72. The van der Waals surface area contributed by atoms with Crippen molar-refractivity contribution in [1.29, 1.82) is 0 Å². The maximum Gasteiger partial charge on any atom is 0.302 e. The van der Waals surface area contributed by atoms with Crippen molar-refractivity contribution in [3.8, 4) is 0 Å². The van der Waals surface area contributed by atoms with Gasteiger partial charge in [-0.3, -0.25) is 4.79 Å². The molecule has 124 valence electrons. The number of carbonyl (C=O) groups excluding carboxylic acids is 1. The maximum absolute atomic E-state index is 10.8. The van der Waals surface area contributed by atoms with E-state index in [1.165, 1.54) is 77.6 Å². The molecule has 0 aliphatic heterocycles. The number of allylic oxidation sites excluding steroid dienone is 2. The second-order valence-corrected chi connectivity index (χ2v) is 6.09. The van der Waals surface area contributed by atoms with Crippen LogP contribution in [0.25, 0.3) is 0 Å². The molecule has 0 fully saturated rings. The van der Waals surface area contributed by atoms with Crippen LogP contribution < -0.4 is 0 Å². The highest BCUT2D eigenvalue weighted by molar-refractivity contribution is 5.66. The van der Waals surface area contributed by atoms with Crippen LogP contribution in [0.2, 0.25) is 0 Å². The Kier molecular flexibility index (Phi) is 15.0. The number of hydrogen-bond acceptors (Lipinski definition) is 2. The Bertz CT molecular complexity index is 258. The lowest BCUT2D eigenvalue weighted by atomic mass is 10.1. The van der Waals surface area contributed by atoms with E-state index in [1.807, 2.05) is 6.92 Å². The lowest BCUT2D eigenvalue weighted by molar-refractivity contribution is -0.145. The van der Waals surface area contributed by atoms with Gasteiger partial charge in [0, 0.05) is 6.92 Å². The minimum Gasteiger partial charge on any atom is -0.463 e. The van der Waals surface area contributed by atoms with Crippen molar-refractivity contribution in [3.05, 3.63) is 12.2 Å². The van der Waals surface area contributed by atoms with Crippen molar-refractivity contribution in [1.82, 2.24) is 0 Å². The van der Waals surface area contributed by atoms with Crippen molar-refractivity contribution in [2.75, 3.05) is 0 Å². The second kappa shape index (κ2) is 15.6. The molecule has 1 atom stereocenters. The predicted molar refractivity (Wildman–Crippen MR) is 91.4 cm³/mol. The third kappa shape index (κ3) is 17.2. The molecule has 0 N–H and O–H groups in total. The number of hydrogen-bond donors (Lipinski definition) is 0. The monoisotopic (exact) mass is 296 g/mol. The van der Waals surface area contributed by atoms with Crippen LogP contribution in [0.1, 0.15) is 97.8 Å². The fourth-order valence-electron chi connectivity index (χ4n) is 2.50. The van der Waals surface area contributed by atoms with E-state index in [0.717, 1.165) is 6.42 Å². The van der Waals surface area contributed by atoms with Crippen molar-refractivity contribution in [2.45, 2.75) is 104 Å². The average molecular weight is 296 g/mol. The standard InChI is InChI=1S/C19H36O2/c1-4-5-6-7-8-9-10-11-12-13-14-15-16-17-18(2)21-19(3)20/h6-7,18H,4-5,8-17H2,1-3H3. The second-order valence-electron chi connectivity index (χ2n) is 6.09. The lowest BCUT2D eigenvalue weighted by Gasteiger charge is -2.11. The summed E-state index contributed by atoms with van der Waals surface area (Å²) < 4.78 is 5.11. The molecular weight excluding hydrogens is 260 g/mol. The molecule has 0 bridgehead atoms. The van der Waals surface area contributed by atoms with Gasteiger partial charge in [0.15, 0.2) is 0 Å². The molecule has 0 aliphatic rings. The summed E-state index contributed by atoms with van der Waals surface area (Å²) in [4.78, 5) is 10.8. The maximum atomic E-state index is 10.8. The smallest absolute Gasteiger partial charge is 0.302 e. The molecule has 0 aliphatic carbocycles. The first-order valence-electron chi connectivity index (χ1n) is 8.99. The number of rotatable bonds is 14. The largest absolute Gasteiger partial charge is 0.463 e. The summed E-state index contributed by atoms with van der Waals surface area (Å²) in [6, 6.07) is 0. The van der Waals surface area contributed by atoms with Crippen molar-refractivity contribution < 1.29 is 9.53 Å². The van der Waals surface area contributed by atoms with Gasteiger partial charge in [0.2, 0.25) is 0 Å². The predicted octanol–water partition coefficient (Wildman–Crippen LogP) is 6.20. The van der Waals surface area contributed by atoms with E-state index in [9.17, 15) is 4.79 Å². The Morgan fingerprint density at radius 3 is 2.00 bits per heavy atom. The fraction of sp³-hybridized carbons (Fsp3) is 0.842. The minimum absolute atomic E-state index is 0.0864. The molecule has 0 spiro atoms. The van der Waals surface area contributed by atoms with Crippen molar-refractivity contribution in [3.63, 3.8) is 0 Å². The number of ether oxygens (including phenoxy) is 1. The van der Waals surface area contributed by atoms with E-state index in [0.29, 0.717) is 0 Å². The first-order valence-corrected chi connectivity index (χ1v) is 8.99. The molecule has 0 amide bonds. The van der Waals surface area contributed by atoms with Crippen LogP contribution in [0.3, 0.4) is 0 Å². The van der Waals surface area contributed by atoms with E-state index in [-0.39, 0.29) is 12.1 Å². The first-order chi connectivity index (χ1) is 10.2. The van der Waals surface area contributed by atoms with Crippen LogP contribution in [0.15, 0.2) is 12.2 Å². The van der Waals surface area contributed by atoms with Gasteiger partial charge < -0.3 is 4.74 Å². The van der Waals surface area contributed by atoms with Crippen molar-refractivity contribution >= 4 is 5.97 Å². The topological polar surface area (TPSA) is 26.3 Å². The molecule has 0 aromatic carbocycles. The summed E-state index contributed by atoms with van der Waals surface area (Å²) in [7, 11) is 0. The summed E-state index contributed by atoms with van der Waals surface area (Å²) in [5.74, 6) is -0.160. The Morgan fingerprint density at radius 1 is 0.905 bits per heavy atom. The van der Waals surface area contributed by atoms with Gasteiger partial charge in [0.1, 0.15) is 0 Å². The SMILES string of the molecule is CCCC=CCCCCCCCCCCC(C)OC(C)=O. The van der Waals surface area contributed by atoms with Gasteiger partial charge >= 0.3 is 5.97 Å². The van der Waals surface area contributed by atoms with Crippen LogP contribution >= 0.6 is 0 Å². The summed E-state index contributed by atoms with van der Waals surface area (Å²) >= 11 is 0. The van der Waals surface area contributed by atoms with Gasteiger partial charge in [-0.15, -0.1) is 0 Å². The molecule has 0 radical (unpaired) electrons. The molecule has 0 heterocycles. The van der Waals surface area contributed by atoms with E-state index in [4.69, 9.17) is 4.74 Å². The highest BCUT2D eigenvalue weighted by atomic mass is 16.5. The van der Waals surface area contributed by atoms with Gasteiger partial charge in [-0.2, -0.15) is 0 Å². The number of unbranched alkanes of at least 4 members (excludes halogenated alkanes) is 9. The number of esters is 1. The van der Waals surface area contributed by atoms with Gasteiger partial charge in [-0.1, -0.05) is 64.0 Å². The molecule has 2 nitrogen and oxygen atoms in total. The first kappa shape index (κ1) is 20.2. The van der Waals surface area contributed by atoms with E-state index >= 15 is 0 Å². The summed E-state index contributed by atoms with van der Waals surface area (Å²) in [6.07, 6.45) is 20.1. The third-order valence-corrected chi connectivity index (χ3v) is 3.72. The highest BCUT2D eigenvalue weighted by Gasteiger charge is 2.04. The molecular formula is C19H36O2. The zero-order valence-corrected chi connectivity index (χ0v) is 14.5. The fourth-order valence-corrected chi connectivity index (χ4v) is 2.50. The normalized spacial score (nSPS) is 12.7. The molecule has 2 heteroatoms. The lowest BCUT2D eigenvalue weighted by Crippen LogP contribution is -2.11. The van der Waals surface area contributed by atoms with Crippen LogP contribution in [0.5, 0.6) is 0 Å². The zero-order valence-electron chi connectivity index (χ0n) is 14.5. The molecule has 0 aromatic rings. The molecule has 0 saturated carbocycles. The Morgan fingerprint density at radius 2 is 1.43 bits per heavy atom. The summed E-state index contributed by atoms with van der Waals surface area (Å²) in [5, 5.41) is 0. The van der Waals surface area contributed by atoms with Crippen LogP contribution in [0, 0.1) is 0 Å². The highest BCUT2D eigenvalue weighted by Crippen LogP contribution is 2.12. The Balaban J connectivity index is 3.14. The quantitative estimate of drug-likeness (QED) is 0.217. The van der Waals surface area contributed by atoms with Crippen molar-refractivity contribution in [2.24, 2.45) is 0 Å². The van der Waals surface area contributed by atoms with Gasteiger partial charge in [-0.05, 0) is 39.0 Å². The molecule has 21 heavy (non-hydrogen) atoms. The van der Waals surface area contributed by atoms with Crippen LogP contribution in [-0.4, -0.2) is 12.1 Å². The molecule has 0 rings (SSSR count). The molecule has 1 unspecified atom stereocenters. The van der Waals surface area contributed by atoms with Gasteiger partial charge in [0.05, 0.1) is 6.10 Å². The Labute approximate surface area is 132 Å². The number of carbonyl (C=O) groups is 1. The molecule has 0 aromatic heterocycles.